The summed E-state index contributed by atoms with van der Waals surface area (Å²) >= 11 is 0. The Hall–Kier alpha value is -6.72. The molecule has 74 heavy (non-hydrogen) atoms. The molecule has 4 aromatic rings. The van der Waals surface area contributed by atoms with Crippen LogP contribution < -0.4 is 24.7 Å². The van der Waals surface area contributed by atoms with Crippen molar-refractivity contribution in [1.29, 1.82) is 0 Å². The number of cyclic esters (lactones) is 1. The van der Waals surface area contributed by atoms with E-state index in [-0.39, 0.29) is 63.5 Å². The molecule has 30 heteroatoms. The van der Waals surface area contributed by atoms with Crippen molar-refractivity contribution in [1.82, 2.24) is 5.32 Å². The molecule has 0 aromatic heterocycles. The zero-order valence-electron chi connectivity index (χ0n) is 39.3. The van der Waals surface area contributed by atoms with Gasteiger partial charge in [0.15, 0.2) is 11.5 Å². The van der Waals surface area contributed by atoms with E-state index >= 15 is 0 Å². The molecule has 0 radical (unpaired) electrons. The lowest BCUT2D eigenvalue weighted by atomic mass is 9.92. The van der Waals surface area contributed by atoms with Crippen molar-refractivity contribution in [2.45, 2.75) is 89.7 Å². The summed E-state index contributed by atoms with van der Waals surface area (Å²) in [7, 11) is -7.83. The zero-order valence-corrected chi connectivity index (χ0v) is 40.9. The maximum atomic E-state index is 14.4. The highest BCUT2D eigenvalue weighted by molar-refractivity contribution is 7.86. The van der Waals surface area contributed by atoms with Gasteiger partial charge in [0.1, 0.15) is 0 Å². The van der Waals surface area contributed by atoms with Crippen LogP contribution in [0.15, 0.2) is 77.8 Å². The van der Waals surface area contributed by atoms with E-state index in [0.29, 0.717) is 24.5 Å². The number of nitrogens with two attached hydrogens (primary N) is 1. The second-order valence-electron chi connectivity index (χ2n) is 16.3. The van der Waals surface area contributed by atoms with Crippen molar-refractivity contribution in [3.63, 3.8) is 0 Å². The number of ether oxygens (including phenoxy) is 1. The van der Waals surface area contributed by atoms with Gasteiger partial charge in [-0.15, -0.1) is 0 Å². The fourth-order valence-electron chi connectivity index (χ4n) is 6.27. The smallest absolute Gasteiger partial charge is 0.403 e. The minimum Gasteiger partial charge on any atom is -0.403 e. The largest absolute Gasteiger partial charge is 0.435 e. The van der Waals surface area contributed by atoms with Crippen LogP contribution in [0.3, 0.4) is 0 Å². The number of nitrogens with one attached hydrogen (secondary N) is 2. The van der Waals surface area contributed by atoms with Crippen LogP contribution in [0.1, 0.15) is 86.6 Å². The standard InChI is InChI=1S/C22H21F7N2O5S.C12H13NO5S.C10H8F7N/c1-11(2)30-19(33)17-14(6-5-7-16(17)36-37(4,34)35)18(32)31-15-9-8-13(10-12(15)3)20(23,21(24,25)26)22(27,28)29;1-7(2)13-11-10-8(12(14)17-11)5-4-6-9(10)18-19(3,15)16;1-5-4-6(2-3-7(5)18)8(11,9(12,13)14)10(15,16)17/h5-11H,1-4H3,(H,30,33)(H,31,32);4-7H,1-3H3;2-4H,18H2,1H3. The lowest BCUT2D eigenvalue weighted by molar-refractivity contribution is -0.349. The number of rotatable bonds is 11. The van der Waals surface area contributed by atoms with Gasteiger partial charge in [0.05, 0.1) is 34.8 Å². The van der Waals surface area contributed by atoms with Crippen molar-refractivity contribution in [3.05, 3.63) is 117 Å². The number of hydrogen-bond acceptors (Lipinski definition) is 12. The number of esters is 1. The van der Waals surface area contributed by atoms with Gasteiger partial charge in [-0.25, -0.2) is 18.6 Å². The van der Waals surface area contributed by atoms with Crippen molar-refractivity contribution >= 4 is 55.3 Å². The molecule has 0 saturated heterocycles. The number of anilines is 2. The van der Waals surface area contributed by atoms with E-state index in [1.54, 1.807) is 13.8 Å². The number of aryl methyl sites for hydroxylation is 2. The molecule has 0 bridgehead atoms. The number of nitrogen functional groups attached to an aromatic ring is 1. The third-order valence-corrected chi connectivity index (χ3v) is 10.5. The van der Waals surface area contributed by atoms with Crippen LogP contribution in [-0.2, 0) is 36.3 Å². The molecular formula is C44H42F14N4O10S2. The Bertz CT molecular complexity index is 3000. The van der Waals surface area contributed by atoms with E-state index in [0.717, 1.165) is 31.4 Å². The first-order valence-corrected chi connectivity index (χ1v) is 24.1. The summed E-state index contributed by atoms with van der Waals surface area (Å²) in [5.74, 6) is -2.91. The van der Waals surface area contributed by atoms with Gasteiger partial charge >= 0.3 is 62.2 Å². The highest BCUT2D eigenvalue weighted by Gasteiger charge is 2.74. The monoisotopic (exact) mass is 1120 g/mol. The number of alkyl halides is 14. The number of nitrogens with zero attached hydrogens (tertiary/aromatic N) is 1. The van der Waals surface area contributed by atoms with Gasteiger partial charge in [-0.1, -0.05) is 36.4 Å². The SMILES string of the molecule is CC(C)N=C1OC(=O)c2cccc(OS(C)(=O)=O)c21.Cc1cc(C(F)(C(F)(F)F)C(F)(F)F)ccc1N.Cc1cc(C(F)(C(F)(F)F)C(F)(F)F)ccc1NC(=O)c1cccc(OS(C)(=O)=O)c1C(=O)NC(C)C. The molecule has 5 rings (SSSR count). The number of halogens is 14. The van der Waals surface area contributed by atoms with Crippen LogP contribution in [0.4, 0.5) is 72.8 Å². The predicted octanol–water partition coefficient (Wildman–Crippen LogP) is 10.2. The third-order valence-electron chi connectivity index (χ3n) is 9.53. The van der Waals surface area contributed by atoms with Crippen molar-refractivity contribution in [2.75, 3.05) is 23.6 Å². The molecule has 0 unspecified atom stereocenters. The fourth-order valence-corrected chi connectivity index (χ4v) is 7.20. The van der Waals surface area contributed by atoms with Gasteiger partial charge in [-0.2, -0.15) is 69.5 Å². The molecule has 0 saturated carbocycles. The summed E-state index contributed by atoms with van der Waals surface area (Å²) in [6, 6.07) is 10.1. The molecule has 0 spiro atoms. The quantitative estimate of drug-likeness (QED) is 0.0557. The van der Waals surface area contributed by atoms with Gasteiger partial charge in [0.2, 0.25) is 5.90 Å². The van der Waals surface area contributed by atoms with E-state index < -0.39 is 108 Å². The van der Waals surface area contributed by atoms with E-state index in [4.69, 9.17) is 18.8 Å². The van der Waals surface area contributed by atoms with Gasteiger partial charge in [-0.05, 0) is 89.1 Å². The van der Waals surface area contributed by atoms with E-state index in [2.05, 4.69) is 15.6 Å². The number of amides is 2. The van der Waals surface area contributed by atoms with E-state index in [1.165, 1.54) is 31.2 Å². The molecule has 1 heterocycles. The zero-order chi connectivity index (χ0) is 57.1. The maximum absolute atomic E-state index is 14.4. The van der Waals surface area contributed by atoms with Crippen molar-refractivity contribution in [2.24, 2.45) is 4.99 Å². The maximum Gasteiger partial charge on any atom is 0.435 e. The van der Waals surface area contributed by atoms with Gasteiger partial charge in [-0.3, -0.25) is 9.59 Å². The van der Waals surface area contributed by atoms with E-state index in [1.807, 2.05) is 13.8 Å². The molecule has 0 atom stereocenters. The summed E-state index contributed by atoms with van der Waals surface area (Å²) in [5.41, 5.74) is -10.2. The van der Waals surface area contributed by atoms with Crippen LogP contribution >= 0.6 is 0 Å². The van der Waals surface area contributed by atoms with Crippen LogP contribution in [-0.4, -0.2) is 89.8 Å². The van der Waals surface area contributed by atoms with Crippen molar-refractivity contribution < 1.29 is 106 Å². The summed E-state index contributed by atoms with van der Waals surface area (Å²) < 4.78 is 241. The molecule has 1 aliphatic heterocycles. The first-order chi connectivity index (χ1) is 33.4. The van der Waals surface area contributed by atoms with Crippen LogP contribution in [0.5, 0.6) is 11.5 Å². The highest BCUT2D eigenvalue weighted by atomic mass is 32.2. The number of benzene rings is 4. The summed E-state index contributed by atoms with van der Waals surface area (Å²) in [6.07, 6.45) is -23.2. The first-order valence-electron chi connectivity index (χ1n) is 20.5. The van der Waals surface area contributed by atoms with Crippen LogP contribution in [0, 0.1) is 13.8 Å². The molecule has 2 amide bonds. The average Bonchev–Trinajstić information content (AvgIpc) is 3.53. The van der Waals surface area contributed by atoms with E-state index in [9.17, 15) is 92.7 Å². The second kappa shape index (κ2) is 22.0. The summed E-state index contributed by atoms with van der Waals surface area (Å²) in [6.45, 7) is 9.01. The van der Waals surface area contributed by atoms with Crippen molar-refractivity contribution in [3.8, 4) is 11.5 Å². The van der Waals surface area contributed by atoms with Gasteiger partial charge < -0.3 is 29.5 Å². The molecule has 408 valence electrons. The fraction of sp³-hybridized carbons (Fsp3) is 0.364. The molecular weight excluding hydrogens is 1070 g/mol. The predicted molar refractivity (Wildman–Crippen MR) is 238 cm³/mol. The molecule has 4 aromatic carbocycles. The minimum atomic E-state index is -6.32. The molecule has 0 fully saturated rings. The highest BCUT2D eigenvalue weighted by Crippen LogP contribution is 2.55. The Labute approximate surface area is 412 Å². The van der Waals surface area contributed by atoms with Gasteiger partial charge in [0.25, 0.3) is 11.8 Å². The average molecular weight is 1120 g/mol. The Balaban J connectivity index is 0.000000325. The molecule has 1 aliphatic rings. The lowest BCUT2D eigenvalue weighted by Gasteiger charge is -2.30. The van der Waals surface area contributed by atoms with Crippen LogP contribution in [0.2, 0.25) is 0 Å². The Morgan fingerprint density at radius 3 is 1.51 bits per heavy atom. The first kappa shape index (κ1) is 61.6. The summed E-state index contributed by atoms with van der Waals surface area (Å²) in [5, 5.41) is 4.67. The normalized spacial score (nSPS) is 14.1. The van der Waals surface area contributed by atoms with Gasteiger partial charge in [0, 0.05) is 34.6 Å². The Morgan fingerprint density at radius 2 is 1.08 bits per heavy atom. The minimum absolute atomic E-state index is 0.0227. The molecule has 14 nitrogen and oxygen atoms in total. The topological polar surface area (TPSA) is 210 Å². The number of hydrogen-bond donors (Lipinski definition) is 3. The third kappa shape index (κ3) is 14.3. The Kier molecular flexibility index (Phi) is 18.3. The number of carbonyl (C=O) groups is 3. The second-order valence-corrected chi connectivity index (χ2v) is 19.5. The van der Waals surface area contributed by atoms with Crippen LogP contribution in [0.25, 0.3) is 0 Å². The number of carbonyl (C=O) groups excluding carboxylic acids is 3. The number of fused-ring (bicyclic) bond motifs is 1. The number of aliphatic imine (C=N–C) groups is 1. The molecule has 0 aliphatic carbocycles. The summed E-state index contributed by atoms with van der Waals surface area (Å²) in [4.78, 5) is 41.5. The molecule has 4 N–H and O–H groups in total. The lowest BCUT2D eigenvalue weighted by Crippen LogP contribution is -2.50. The Morgan fingerprint density at radius 1 is 0.635 bits per heavy atom.